The molecule has 1 aromatic heterocycles. The number of aromatic nitrogens is 1. The number of aliphatic hydroxyl groups is 1. The van der Waals surface area contributed by atoms with Gasteiger partial charge in [0.15, 0.2) is 0 Å². The van der Waals surface area contributed by atoms with Gasteiger partial charge in [-0.1, -0.05) is 6.07 Å². The molecular weight excluding hydrogens is 218 g/mol. The number of methoxy groups -OCH3 is 1. The van der Waals surface area contributed by atoms with Crippen molar-refractivity contribution in [2.45, 2.75) is 13.0 Å². The fraction of sp³-hybridized carbons (Fsp3) is 0.500. The lowest BCUT2D eigenvalue weighted by Crippen LogP contribution is -2.28. The van der Waals surface area contributed by atoms with E-state index in [-0.39, 0.29) is 6.61 Å². The molecular formula is C12H17N3O2. The molecule has 0 atom stereocenters. The van der Waals surface area contributed by atoms with E-state index in [9.17, 15) is 0 Å². The highest BCUT2D eigenvalue weighted by Gasteiger charge is 2.07. The van der Waals surface area contributed by atoms with Gasteiger partial charge in [-0.15, -0.1) is 0 Å². The minimum absolute atomic E-state index is 0.0104. The van der Waals surface area contributed by atoms with Crippen molar-refractivity contribution in [3.63, 3.8) is 0 Å². The molecule has 0 fully saturated rings. The summed E-state index contributed by atoms with van der Waals surface area (Å²) in [5.74, 6) is 0.800. The third kappa shape index (κ3) is 4.39. The highest BCUT2D eigenvalue weighted by molar-refractivity contribution is 5.39. The van der Waals surface area contributed by atoms with E-state index in [2.05, 4.69) is 11.1 Å². The van der Waals surface area contributed by atoms with Crippen molar-refractivity contribution in [3.05, 3.63) is 23.9 Å². The van der Waals surface area contributed by atoms with Gasteiger partial charge in [-0.3, -0.25) is 0 Å². The summed E-state index contributed by atoms with van der Waals surface area (Å²) in [5.41, 5.74) is 0.778. The summed E-state index contributed by atoms with van der Waals surface area (Å²) in [6, 6.07) is 5.79. The summed E-state index contributed by atoms with van der Waals surface area (Å²) < 4.78 is 5.03. The molecule has 0 aromatic carbocycles. The maximum Gasteiger partial charge on any atom is 0.128 e. The van der Waals surface area contributed by atoms with Gasteiger partial charge in [-0.05, 0) is 11.6 Å². The number of aliphatic hydroxyl groups excluding tert-OH is 1. The van der Waals surface area contributed by atoms with E-state index in [4.69, 9.17) is 15.1 Å². The molecule has 0 saturated carbocycles. The van der Waals surface area contributed by atoms with E-state index in [1.807, 2.05) is 17.0 Å². The second-order valence-corrected chi connectivity index (χ2v) is 3.57. The first-order valence-corrected chi connectivity index (χ1v) is 5.48. The molecule has 92 valence electrons. The van der Waals surface area contributed by atoms with Crippen LogP contribution in [0.4, 0.5) is 5.82 Å². The standard InChI is InChI=1S/C12H17N3O2/c1-17-8-7-15(6-2-5-13)12-4-3-11(10-16)9-14-12/h3-4,9,16H,2,6-8,10H2,1H3. The average molecular weight is 235 g/mol. The molecule has 1 N–H and O–H groups in total. The lowest BCUT2D eigenvalue weighted by atomic mass is 10.3. The van der Waals surface area contributed by atoms with Gasteiger partial charge in [0.05, 0.1) is 25.7 Å². The maximum atomic E-state index is 8.93. The summed E-state index contributed by atoms with van der Waals surface area (Å²) in [4.78, 5) is 6.25. The summed E-state index contributed by atoms with van der Waals surface area (Å²) in [6.07, 6.45) is 2.09. The van der Waals surface area contributed by atoms with Crippen molar-refractivity contribution in [2.24, 2.45) is 0 Å². The van der Waals surface area contributed by atoms with Crippen molar-refractivity contribution >= 4 is 5.82 Å². The number of nitrogens with zero attached hydrogens (tertiary/aromatic N) is 3. The van der Waals surface area contributed by atoms with Crippen LogP contribution < -0.4 is 4.90 Å². The van der Waals surface area contributed by atoms with Gasteiger partial charge in [0.2, 0.25) is 0 Å². The van der Waals surface area contributed by atoms with Crippen LogP contribution in [0.3, 0.4) is 0 Å². The Bertz CT molecular complexity index is 359. The number of rotatable bonds is 7. The first-order valence-electron chi connectivity index (χ1n) is 5.48. The molecule has 0 aliphatic heterocycles. The Kier molecular flexibility index (Phi) is 6.00. The maximum absolute atomic E-state index is 8.93. The van der Waals surface area contributed by atoms with E-state index in [0.29, 0.717) is 26.1 Å². The van der Waals surface area contributed by atoms with Gasteiger partial charge >= 0.3 is 0 Å². The molecule has 0 radical (unpaired) electrons. The Morgan fingerprint density at radius 1 is 1.47 bits per heavy atom. The van der Waals surface area contributed by atoms with Crippen LogP contribution in [0.15, 0.2) is 18.3 Å². The molecule has 5 heteroatoms. The first-order chi connectivity index (χ1) is 8.31. The molecule has 0 bridgehead atoms. The zero-order chi connectivity index (χ0) is 12.5. The predicted molar refractivity (Wildman–Crippen MR) is 64.5 cm³/mol. The van der Waals surface area contributed by atoms with E-state index in [1.165, 1.54) is 0 Å². The van der Waals surface area contributed by atoms with E-state index in [1.54, 1.807) is 13.3 Å². The third-order valence-corrected chi connectivity index (χ3v) is 2.37. The molecule has 17 heavy (non-hydrogen) atoms. The average Bonchev–Trinajstić information content (AvgIpc) is 2.39. The molecule has 0 spiro atoms. The van der Waals surface area contributed by atoms with Gasteiger partial charge in [0, 0.05) is 26.4 Å². The summed E-state index contributed by atoms with van der Waals surface area (Å²) in [7, 11) is 1.64. The van der Waals surface area contributed by atoms with Gasteiger partial charge in [-0.25, -0.2) is 4.98 Å². The molecule has 0 amide bonds. The summed E-state index contributed by atoms with van der Waals surface area (Å²) in [6.45, 7) is 1.91. The molecule has 0 saturated heterocycles. The highest BCUT2D eigenvalue weighted by atomic mass is 16.5. The first kappa shape index (κ1) is 13.4. The number of hydrogen-bond donors (Lipinski definition) is 1. The second-order valence-electron chi connectivity index (χ2n) is 3.57. The number of ether oxygens (including phenoxy) is 1. The normalized spacial score (nSPS) is 9.94. The van der Waals surface area contributed by atoms with Crippen LogP contribution >= 0.6 is 0 Å². The van der Waals surface area contributed by atoms with E-state index in [0.717, 1.165) is 11.4 Å². The predicted octanol–water partition coefficient (Wildman–Crippen LogP) is 0.940. The zero-order valence-corrected chi connectivity index (χ0v) is 9.96. The van der Waals surface area contributed by atoms with E-state index >= 15 is 0 Å². The van der Waals surface area contributed by atoms with Crippen molar-refractivity contribution in [3.8, 4) is 6.07 Å². The fourth-order valence-corrected chi connectivity index (χ4v) is 1.42. The number of anilines is 1. The lowest BCUT2D eigenvalue weighted by molar-refractivity contribution is 0.205. The van der Waals surface area contributed by atoms with Gasteiger partial charge in [0.25, 0.3) is 0 Å². The molecule has 1 heterocycles. The molecule has 1 aromatic rings. The monoisotopic (exact) mass is 235 g/mol. The van der Waals surface area contributed by atoms with Crippen molar-refractivity contribution in [2.75, 3.05) is 31.7 Å². The Morgan fingerprint density at radius 3 is 2.82 bits per heavy atom. The smallest absolute Gasteiger partial charge is 0.128 e. The molecule has 5 nitrogen and oxygen atoms in total. The van der Waals surface area contributed by atoms with Crippen LogP contribution in [-0.4, -0.2) is 36.9 Å². The van der Waals surface area contributed by atoms with Gasteiger partial charge in [0.1, 0.15) is 5.82 Å². The SMILES string of the molecule is COCCN(CCC#N)c1ccc(CO)cn1. The minimum atomic E-state index is -0.0104. The van der Waals surface area contributed by atoms with Gasteiger partial charge < -0.3 is 14.7 Å². The number of hydrogen-bond acceptors (Lipinski definition) is 5. The van der Waals surface area contributed by atoms with Crippen LogP contribution in [0.1, 0.15) is 12.0 Å². The van der Waals surface area contributed by atoms with E-state index < -0.39 is 0 Å². The van der Waals surface area contributed by atoms with Crippen LogP contribution in [0.2, 0.25) is 0 Å². The zero-order valence-electron chi connectivity index (χ0n) is 9.96. The van der Waals surface area contributed by atoms with Crippen LogP contribution in [-0.2, 0) is 11.3 Å². The van der Waals surface area contributed by atoms with Crippen molar-refractivity contribution < 1.29 is 9.84 Å². The van der Waals surface area contributed by atoms with Crippen LogP contribution in [0, 0.1) is 11.3 Å². The molecule has 0 aliphatic rings. The van der Waals surface area contributed by atoms with Crippen molar-refractivity contribution in [1.29, 1.82) is 5.26 Å². The lowest BCUT2D eigenvalue weighted by Gasteiger charge is -2.22. The third-order valence-electron chi connectivity index (χ3n) is 2.37. The minimum Gasteiger partial charge on any atom is -0.392 e. The largest absolute Gasteiger partial charge is 0.392 e. The number of pyridine rings is 1. The quantitative estimate of drug-likeness (QED) is 0.761. The van der Waals surface area contributed by atoms with Crippen LogP contribution in [0.25, 0.3) is 0 Å². The Labute approximate surface area is 101 Å². The number of nitriles is 1. The van der Waals surface area contributed by atoms with Crippen LogP contribution in [0.5, 0.6) is 0 Å². The molecule has 1 rings (SSSR count). The summed E-state index contributed by atoms with van der Waals surface area (Å²) >= 11 is 0. The second kappa shape index (κ2) is 7.60. The Balaban J connectivity index is 2.69. The topological polar surface area (TPSA) is 69.4 Å². The van der Waals surface area contributed by atoms with Crippen molar-refractivity contribution in [1.82, 2.24) is 4.98 Å². The fourth-order valence-electron chi connectivity index (χ4n) is 1.42. The highest BCUT2D eigenvalue weighted by Crippen LogP contribution is 2.11. The Hall–Kier alpha value is -1.64. The molecule has 0 aliphatic carbocycles. The molecule has 0 unspecified atom stereocenters. The van der Waals surface area contributed by atoms with Gasteiger partial charge in [-0.2, -0.15) is 5.26 Å². The Morgan fingerprint density at radius 2 is 2.29 bits per heavy atom. The summed E-state index contributed by atoms with van der Waals surface area (Å²) in [5, 5.41) is 17.5.